The molecule has 0 spiro atoms. The molecule has 1 rings (SSSR count). The Kier molecular flexibility index (Phi) is 7.23. The van der Waals surface area contributed by atoms with Crippen LogP contribution in [-0.2, 0) is 0 Å². The molecule has 0 aliphatic heterocycles. The third-order valence-corrected chi connectivity index (χ3v) is 2.39. The van der Waals surface area contributed by atoms with Gasteiger partial charge in [-0.25, -0.2) is 0 Å². The maximum absolute atomic E-state index is 5.68. The first-order chi connectivity index (χ1) is 8.38. The first-order valence-corrected chi connectivity index (χ1v) is 6.43. The molecule has 1 N–H and O–H groups in total. The zero-order valence-corrected chi connectivity index (χ0v) is 10.9. The Hall–Kier alpha value is -1.22. The second-order valence-corrected chi connectivity index (χ2v) is 3.83. The highest BCUT2D eigenvalue weighted by Crippen LogP contribution is 2.25. The van der Waals surface area contributed by atoms with Crippen LogP contribution in [0.4, 0.5) is 0 Å². The molecule has 0 bridgehead atoms. The van der Waals surface area contributed by atoms with Gasteiger partial charge in [0.1, 0.15) is 6.61 Å². The summed E-state index contributed by atoms with van der Waals surface area (Å²) in [6, 6.07) is 7.79. The maximum atomic E-state index is 5.68. The van der Waals surface area contributed by atoms with Gasteiger partial charge in [0.25, 0.3) is 0 Å². The molecule has 3 heteroatoms. The van der Waals surface area contributed by atoms with Crippen LogP contribution in [0.2, 0.25) is 0 Å². The minimum Gasteiger partial charge on any atom is -0.490 e. The van der Waals surface area contributed by atoms with Crippen molar-refractivity contribution < 1.29 is 9.47 Å². The summed E-state index contributed by atoms with van der Waals surface area (Å²) in [4.78, 5) is 0. The second kappa shape index (κ2) is 8.88. The lowest BCUT2D eigenvalue weighted by Gasteiger charge is -2.11. The molecule has 1 aromatic rings. The van der Waals surface area contributed by atoms with Crippen LogP contribution in [0, 0.1) is 0 Å². The second-order valence-electron chi connectivity index (χ2n) is 3.83. The van der Waals surface area contributed by atoms with Crippen LogP contribution < -0.4 is 14.8 Å². The first kappa shape index (κ1) is 13.8. The zero-order chi connectivity index (χ0) is 12.3. The average molecular weight is 237 g/mol. The van der Waals surface area contributed by atoms with E-state index in [4.69, 9.17) is 9.47 Å². The van der Waals surface area contributed by atoms with Crippen LogP contribution in [0.3, 0.4) is 0 Å². The topological polar surface area (TPSA) is 30.5 Å². The molecule has 0 aliphatic rings. The maximum Gasteiger partial charge on any atom is 0.161 e. The normalized spacial score (nSPS) is 10.2. The molecule has 0 aliphatic carbocycles. The van der Waals surface area contributed by atoms with Crippen molar-refractivity contribution in [2.75, 3.05) is 26.3 Å². The minimum absolute atomic E-state index is 0.662. The third-order valence-electron chi connectivity index (χ3n) is 2.39. The third kappa shape index (κ3) is 5.59. The Bertz CT molecular complexity index is 302. The molecule has 0 saturated heterocycles. The van der Waals surface area contributed by atoms with Crippen LogP contribution in [0.5, 0.6) is 11.5 Å². The van der Waals surface area contributed by atoms with E-state index in [1.165, 1.54) is 12.8 Å². The molecule has 0 unspecified atom stereocenters. The van der Waals surface area contributed by atoms with E-state index in [2.05, 4.69) is 12.2 Å². The highest BCUT2D eigenvalue weighted by molar-refractivity contribution is 5.39. The number of hydrogen-bond acceptors (Lipinski definition) is 3. The molecule has 0 aromatic heterocycles. The molecule has 0 atom stereocenters. The summed E-state index contributed by atoms with van der Waals surface area (Å²) in [6.07, 6.45) is 2.44. The summed E-state index contributed by atoms with van der Waals surface area (Å²) in [6.45, 7) is 7.44. The monoisotopic (exact) mass is 237 g/mol. The Morgan fingerprint density at radius 1 is 1.00 bits per heavy atom. The highest BCUT2D eigenvalue weighted by Gasteiger charge is 2.02. The molecule has 0 saturated carbocycles. The molecule has 0 amide bonds. The number of benzene rings is 1. The number of nitrogens with one attached hydrogen (secondary N) is 1. The fourth-order valence-electron chi connectivity index (χ4n) is 1.50. The van der Waals surface area contributed by atoms with Crippen LogP contribution in [0.15, 0.2) is 24.3 Å². The smallest absolute Gasteiger partial charge is 0.161 e. The Morgan fingerprint density at radius 3 is 2.35 bits per heavy atom. The van der Waals surface area contributed by atoms with Gasteiger partial charge in [-0.2, -0.15) is 0 Å². The summed E-state index contributed by atoms with van der Waals surface area (Å²) in [5.41, 5.74) is 0. The highest BCUT2D eigenvalue weighted by atomic mass is 16.5. The van der Waals surface area contributed by atoms with Crippen LogP contribution in [-0.4, -0.2) is 26.3 Å². The van der Waals surface area contributed by atoms with Gasteiger partial charge in [-0.05, 0) is 32.0 Å². The van der Waals surface area contributed by atoms with Gasteiger partial charge in [0, 0.05) is 6.54 Å². The van der Waals surface area contributed by atoms with E-state index in [1.54, 1.807) is 0 Å². The van der Waals surface area contributed by atoms with Crippen LogP contribution >= 0.6 is 0 Å². The van der Waals surface area contributed by atoms with Gasteiger partial charge in [-0.1, -0.05) is 25.5 Å². The molecule has 17 heavy (non-hydrogen) atoms. The SMILES string of the molecule is CCCCNCCOc1ccccc1OCC. The Balaban J connectivity index is 2.25. The predicted octanol–water partition coefficient (Wildman–Crippen LogP) is 2.85. The lowest BCUT2D eigenvalue weighted by Crippen LogP contribution is -2.22. The summed E-state index contributed by atoms with van der Waals surface area (Å²) in [5.74, 6) is 1.65. The first-order valence-electron chi connectivity index (χ1n) is 6.43. The van der Waals surface area contributed by atoms with E-state index in [-0.39, 0.29) is 0 Å². The molecular weight excluding hydrogens is 214 g/mol. The van der Waals surface area contributed by atoms with Crippen molar-refractivity contribution in [2.45, 2.75) is 26.7 Å². The van der Waals surface area contributed by atoms with Crippen molar-refractivity contribution >= 4 is 0 Å². The number of para-hydroxylation sites is 2. The number of hydrogen-bond donors (Lipinski definition) is 1. The van der Waals surface area contributed by atoms with Gasteiger partial charge in [0.2, 0.25) is 0 Å². The molecular formula is C14H23NO2. The van der Waals surface area contributed by atoms with Gasteiger partial charge in [-0.15, -0.1) is 0 Å². The zero-order valence-electron chi connectivity index (χ0n) is 10.9. The Morgan fingerprint density at radius 2 is 1.71 bits per heavy atom. The van der Waals surface area contributed by atoms with Gasteiger partial charge in [-0.3, -0.25) is 0 Å². The fraction of sp³-hybridized carbons (Fsp3) is 0.571. The number of rotatable bonds is 9. The van der Waals surface area contributed by atoms with Crippen molar-refractivity contribution in [2.24, 2.45) is 0 Å². The van der Waals surface area contributed by atoms with E-state index in [0.29, 0.717) is 13.2 Å². The minimum atomic E-state index is 0.662. The lowest BCUT2D eigenvalue weighted by molar-refractivity contribution is 0.276. The summed E-state index contributed by atoms with van der Waals surface area (Å²) in [5, 5.41) is 3.34. The largest absolute Gasteiger partial charge is 0.490 e. The average Bonchev–Trinajstić information content (AvgIpc) is 2.36. The van der Waals surface area contributed by atoms with E-state index in [1.807, 2.05) is 31.2 Å². The summed E-state index contributed by atoms with van der Waals surface area (Å²) < 4.78 is 11.2. The van der Waals surface area contributed by atoms with Crippen molar-refractivity contribution in [1.82, 2.24) is 5.32 Å². The standard InChI is InChI=1S/C14H23NO2/c1-3-5-10-15-11-12-17-14-9-7-6-8-13(14)16-4-2/h6-9,15H,3-5,10-12H2,1-2H3. The van der Waals surface area contributed by atoms with Crippen molar-refractivity contribution in [3.8, 4) is 11.5 Å². The van der Waals surface area contributed by atoms with Gasteiger partial charge >= 0.3 is 0 Å². The van der Waals surface area contributed by atoms with Gasteiger partial charge < -0.3 is 14.8 Å². The van der Waals surface area contributed by atoms with E-state index in [9.17, 15) is 0 Å². The molecule has 0 fully saturated rings. The molecule has 96 valence electrons. The fourth-order valence-corrected chi connectivity index (χ4v) is 1.50. The van der Waals surface area contributed by atoms with E-state index >= 15 is 0 Å². The predicted molar refractivity (Wildman–Crippen MR) is 70.9 cm³/mol. The van der Waals surface area contributed by atoms with Gasteiger partial charge in [0.15, 0.2) is 11.5 Å². The van der Waals surface area contributed by atoms with Crippen molar-refractivity contribution in [3.05, 3.63) is 24.3 Å². The van der Waals surface area contributed by atoms with E-state index < -0.39 is 0 Å². The van der Waals surface area contributed by atoms with Crippen LogP contribution in [0.25, 0.3) is 0 Å². The molecule has 1 aromatic carbocycles. The summed E-state index contributed by atoms with van der Waals surface area (Å²) in [7, 11) is 0. The van der Waals surface area contributed by atoms with Gasteiger partial charge in [0.05, 0.1) is 6.61 Å². The molecule has 3 nitrogen and oxygen atoms in total. The molecule has 0 heterocycles. The van der Waals surface area contributed by atoms with Crippen molar-refractivity contribution in [1.29, 1.82) is 0 Å². The molecule has 0 radical (unpaired) electrons. The quantitative estimate of drug-likeness (QED) is 0.670. The Labute approximate surface area is 104 Å². The van der Waals surface area contributed by atoms with E-state index in [0.717, 1.165) is 24.6 Å². The number of ether oxygens (including phenoxy) is 2. The van der Waals surface area contributed by atoms with Crippen LogP contribution in [0.1, 0.15) is 26.7 Å². The lowest BCUT2D eigenvalue weighted by atomic mass is 10.3. The summed E-state index contributed by atoms with van der Waals surface area (Å²) >= 11 is 0. The number of unbranched alkanes of at least 4 members (excludes halogenated alkanes) is 1. The van der Waals surface area contributed by atoms with Crippen molar-refractivity contribution in [3.63, 3.8) is 0 Å².